The Morgan fingerprint density at radius 1 is 1.42 bits per heavy atom. The minimum atomic E-state index is 0.611. The van der Waals surface area contributed by atoms with Crippen LogP contribution in [0.15, 0.2) is 24.3 Å². The molecule has 1 fully saturated rings. The van der Waals surface area contributed by atoms with Crippen molar-refractivity contribution >= 4 is 22.6 Å². The summed E-state index contributed by atoms with van der Waals surface area (Å²) in [4.78, 5) is 0. The highest BCUT2D eigenvalue weighted by Crippen LogP contribution is 2.23. The lowest BCUT2D eigenvalue weighted by molar-refractivity contribution is 0.647. The Morgan fingerprint density at radius 3 is 3.00 bits per heavy atom. The lowest BCUT2D eigenvalue weighted by atomic mass is 10.1. The molecule has 0 radical (unpaired) electrons. The Bertz CT molecular complexity index is 266. The quantitative estimate of drug-likeness (QED) is 0.776. The lowest BCUT2D eigenvalue weighted by Crippen LogP contribution is -2.12. The van der Waals surface area contributed by atoms with Crippen molar-refractivity contribution in [3.8, 4) is 0 Å². The van der Waals surface area contributed by atoms with Gasteiger partial charge in [0.1, 0.15) is 0 Å². The molecule has 1 nitrogen and oxygen atoms in total. The van der Waals surface area contributed by atoms with E-state index in [2.05, 4.69) is 52.2 Å². The number of nitrogens with one attached hydrogen (secondary N) is 1. The Morgan fingerprint density at radius 2 is 2.33 bits per heavy atom. The minimum absolute atomic E-state index is 0.611. The molecule has 1 aromatic rings. The number of hydrogen-bond donors (Lipinski definition) is 1. The highest BCUT2D eigenvalue weighted by molar-refractivity contribution is 14.1. The van der Waals surface area contributed by atoms with Crippen molar-refractivity contribution in [3.05, 3.63) is 33.4 Å². The van der Waals surface area contributed by atoms with Gasteiger partial charge in [-0.05, 0) is 59.7 Å². The molecule has 0 spiro atoms. The maximum atomic E-state index is 3.50. The van der Waals surface area contributed by atoms with Crippen LogP contribution in [0, 0.1) is 3.57 Å². The first-order chi connectivity index (χ1) is 5.86. The predicted molar refractivity (Wildman–Crippen MR) is 59.1 cm³/mol. The Hall–Kier alpha value is -0.0900. The summed E-state index contributed by atoms with van der Waals surface area (Å²) in [6.07, 6.45) is 2.61. The summed E-state index contributed by atoms with van der Waals surface area (Å²) < 4.78 is 1.33. The van der Waals surface area contributed by atoms with Crippen LogP contribution in [0.25, 0.3) is 0 Å². The molecule has 1 aliphatic heterocycles. The van der Waals surface area contributed by atoms with Crippen molar-refractivity contribution in [2.45, 2.75) is 18.9 Å². The van der Waals surface area contributed by atoms with Gasteiger partial charge in [0.05, 0.1) is 0 Å². The second-order valence-electron chi connectivity index (χ2n) is 3.20. The van der Waals surface area contributed by atoms with E-state index < -0.39 is 0 Å². The van der Waals surface area contributed by atoms with Gasteiger partial charge in [0, 0.05) is 9.61 Å². The van der Waals surface area contributed by atoms with E-state index in [9.17, 15) is 0 Å². The zero-order valence-corrected chi connectivity index (χ0v) is 9.04. The summed E-state index contributed by atoms with van der Waals surface area (Å²) in [5, 5.41) is 3.50. The van der Waals surface area contributed by atoms with Gasteiger partial charge in [-0.2, -0.15) is 0 Å². The fourth-order valence-electron chi connectivity index (χ4n) is 1.69. The molecular formula is C10H12IN. The van der Waals surface area contributed by atoms with Crippen molar-refractivity contribution in [3.63, 3.8) is 0 Å². The molecule has 64 valence electrons. The standard InChI is InChI=1S/C10H12IN/c11-9-4-1-3-8(7-9)10-5-2-6-12-10/h1,3-4,7,10,12H,2,5-6H2. The van der Waals surface area contributed by atoms with Gasteiger partial charge in [-0.25, -0.2) is 0 Å². The van der Waals surface area contributed by atoms with Crippen LogP contribution in [0.3, 0.4) is 0 Å². The fraction of sp³-hybridized carbons (Fsp3) is 0.400. The molecule has 12 heavy (non-hydrogen) atoms. The van der Waals surface area contributed by atoms with E-state index in [1.165, 1.54) is 28.5 Å². The monoisotopic (exact) mass is 273 g/mol. The first-order valence-electron chi connectivity index (χ1n) is 4.35. The van der Waals surface area contributed by atoms with Crippen LogP contribution >= 0.6 is 22.6 Å². The third kappa shape index (κ3) is 1.80. The molecule has 0 bridgehead atoms. The molecule has 1 aromatic carbocycles. The van der Waals surface area contributed by atoms with Crippen LogP contribution in [-0.4, -0.2) is 6.54 Å². The average Bonchev–Trinajstić information content (AvgIpc) is 2.56. The highest BCUT2D eigenvalue weighted by atomic mass is 127. The van der Waals surface area contributed by atoms with E-state index in [0.717, 1.165) is 0 Å². The average molecular weight is 273 g/mol. The SMILES string of the molecule is Ic1cccc(C2CCCN2)c1. The molecule has 1 N–H and O–H groups in total. The normalized spacial score (nSPS) is 22.9. The van der Waals surface area contributed by atoms with Crippen LogP contribution in [0.5, 0.6) is 0 Å². The molecule has 1 unspecified atom stereocenters. The Balaban J connectivity index is 2.21. The summed E-state index contributed by atoms with van der Waals surface area (Å²) in [5.74, 6) is 0. The first kappa shape index (κ1) is 8.51. The van der Waals surface area contributed by atoms with Crippen molar-refractivity contribution in [2.24, 2.45) is 0 Å². The molecule has 1 aliphatic rings. The summed E-state index contributed by atoms with van der Waals surface area (Å²) in [6, 6.07) is 9.37. The largest absolute Gasteiger partial charge is 0.310 e. The van der Waals surface area contributed by atoms with Crippen molar-refractivity contribution < 1.29 is 0 Å². The maximum absolute atomic E-state index is 3.50. The minimum Gasteiger partial charge on any atom is -0.310 e. The highest BCUT2D eigenvalue weighted by Gasteiger charge is 2.15. The summed E-state index contributed by atoms with van der Waals surface area (Å²) in [6.45, 7) is 1.18. The second-order valence-corrected chi connectivity index (χ2v) is 4.45. The van der Waals surface area contributed by atoms with Gasteiger partial charge in [-0.3, -0.25) is 0 Å². The molecule has 0 aromatic heterocycles. The molecule has 1 saturated heterocycles. The van der Waals surface area contributed by atoms with Crippen LogP contribution in [0.4, 0.5) is 0 Å². The third-order valence-corrected chi connectivity index (χ3v) is 2.98. The van der Waals surface area contributed by atoms with E-state index >= 15 is 0 Å². The molecule has 0 aliphatic carbocycles. The van der Waals surface area contributed by atoms with Gasteiger partial charge in [-0.1, -0.05) is 12.1 Å². The third-order valence-electron chi connectivity index (χ3n) is 2.31. The van der Waals surface area contributed by atoms with Crippen molar-refractivity contribution in [1.82, 2.24) is 5.32 Å². The van der Waals surface area contributed by atoms with Crippen LogP contribution < -0.4 is 5.32 Å². The number of halogens is 1. The van der Waals surface area contributed by atoms with E-state index in [-0.39, 0.29) is 0 Å². The van der Waals surface area contributed by atoms with Crippen LogP contribution in [0.1, 0.15) is 24.4 Å². The lowest BCUT2D eigenvalue weighted by Gasteiger charge is -2.10. The Kier molecular flexibility index (Phi) is 2.66. The van der Waals surface area contributed by atoms with E-state index in [1.807, 2.05) is 0 Å². The number of hydrogen-bond acceptors (Lipinski definition) is 1. The maximum Gasteiger partial charge on any atom is 0.0321 e. The van der Waals surface area contributed by atoms with Crippen LogP contribution in [0.2, 0.25) is 0 Å². The molecule has 2 heteroatoms. The van der Waals surface area contributed by atoms with Gasteiger partial charge < -0.3 is 5.32 Å². The smallest absolute Gasteiger partial charge is 0.0321 e. The van der Waals surface area contributed by atoms with Gasteiger partial charge in [0.2, 0.25) is 0 Å². The van der Waals surface area contributed by atoms with Crippen LogP contribution in [-0.2, 0) is 0 Å². The molecule has 1 atom stereocenters. The van der Waals surface area contributed by atoms with E-state index in [4.69, 9.17) is 0 Å². The van der Waals surface area contributed by atoms with Crippen molar-refractivity contribution in [2.75, 3.05) is 6.54 Å². The van der Waals surface area contributed by atoms with Gasteiger partial charge >= 0.3 is 0 Å². The van der Waals surface area contributed by atoms with Crippen molar-refractivity contribution in [1.29, 1.82) is 0 Å². The van der Waals surface area contributed by atoms with Gasteiger partial charge in [-0.15, -0.1) is 0 Å². The summed E-state index contributed by atoms with van der Waals surface area (Å²) >= 11 is 2.36. The predicted octanol–water partition coefficient (Wildman–Crippen LogP) is 2.72. The summed E-state index contributed by atoms with van der Waals surface area (Å²) in [7, 11) is 0. The molecule has 2 rings (SSSR count). The fourth-order valence-corrected chi connectivity index (χ4v) is 2.26. The Labute approximate surface area is 86.7 Å². The first-order valence-corrected chi connectivity index (χ1v) is 5.43. The van der Waals surface area contributed by atoms with E-state index in [0.29, 0.717) is 6.04 Å². The second kappa shape index (κ2) is 3.75. The number of benzene rings is 1. The van der Waals surface area contributed by atoms with E-state index in [1.54, 1.807) is 0 Å². The zero-order valence-electron chi connectivity index (χ0n) is 6.89. The topological polar surface area (TPSA) is 12.0 Å². The molecular weight excluding hydrogens is 261 g/mol. The van der Waals surface area contributed by atoms with Gasteiger partial charge in [0.15, 0.2) is 0 Å². The molecule has 0 amide bonds. The molecule has 0 saturated carbocycles. The number of rotatable bonds is 1. The summed E-state index contributed by atoms with van der Waals surface area (Å²) in [5.41, 5.74) is 1.44. The molecule has 1 heterocycles. The zero-order chi connectivity index (χ0) is 8.39. The van der Waals surface area contributed by atoms with Gasteiger partial charge in [0.25, 0.3) is 0 Å².